The molecule has 0 unspecified atom stereocenters. The Kier molecular flexibility index (Phi) is 4.70. The Morgan fingerprint density at radius 3 is 2.36 bits per heavy atom. The van der Waals surface area contributed by atoms with Crippen molar-refractivity contribution in [1.82, 2.24) is 4.90 Å². The van der Waals surface area contributed by atoms with Crippen molar-refractivity contribution in [2.24, 2.45) is 5.92 Å². The smallest absolute Gasteiger partial charge is 0.225 e. The highest BCUT2D eigenvalue weighted by molar-refractivity contribution is 5.79. The molecular formula is C19H28N2O. The zero-order valence-electron chi connectivity index (χ0n) is 14.0. The molecule has 120 valence electrons. The van der Waals surface area contributed by atoms with Crippen molar-refractivity contribution in [3.63, 3.8) is 0 Å². The topological polar surface area (TPSA) is 23.6 Å². The molecule has 3 rings (SSSR count). The molecule has 1 aromatic rings. The predicted octanol–water partition coefficient (Wildman–Crippen LogP) is 3.53. The summed E-state index contributed by atoms with van der Waals surface area (Å²) in [4.78, 5) is 17.2. The van der Waals surface area contributed by atoms with Crippen molar-refractivity contribution < 1.29 is 4.79 Å². The van der Waals surface area contributed by atoms with E-state index in [9.17, 15) is 4.79 Å². The lowest BCUT2D eigenvalue weighted by Gasteiger charge is -2.38. The molecule has 0 spiro atoms. The summed E-state index contributed by atoms with van der Waals surface area (Å²) in [6.45, 7) is 8.00. The highest BCUT2D eigenvalue weighted by Crippen LogP contribution is 2.27. The molecule has 1 saturated heterocycles. The maximum absolute atomic E-state index is 12.6. The summed E-state index contributed by atoms with van der Waals surface area (Å²) in [5, 5.41) is 0. The van der Waals surface area contributed by atoms with Gasteiger partial charge in [0.05, 0.1) is 0 Å². The van der Waals surface area contributed by atoms with Gasteiger partial charge in [-0.25, -0.2) is 0 Å². The second kappa shape index (κ2) is 6.72. The maximum Gasteiger partial charge on any atom is 0.225 e. The van der Waals surface area contributed by atoms with E-state index in [1.54, 1.807) is 0 Å². The van der Waals surface area contributed by atoms with Gasteiger partial charge in [-0.1, -0.05) is 31.4 Å². The Labute approximate surface area is 134 Å². The van der Waals surface area contributed by atoms with Crippen LogP contribution in [0.3, 0.4) is 0 Å². The van der Waals surface area contributed by atoms with E-state index >= 15 is 0 Å². The number of carbonyl (C=O) groups excluding carboxylic acids is 1. The third-order valence-corrected chi connectivity index (χ3v) is 5.25. The van der Waals surface area contributed by atoms with E-state index in [2.05, 4.69) is 41.8 Å². The standard InChI is InChI=1S/C19H28N2O/c1-15-8-9-16(2)18(14-15)20-10-12-21(13-11-20)19(22)17-6-4-3-5-7-17/h8-9,14,17H,3-7,10-13H2,1-2H3. The van der Waals surface area contributed by atoms with Gasteiger partial charge in [0, 0.05) is 37.8 Å². The van der Waals surface area contributed by atoms with E-state index in [4.69, 9.17) is 0 Å². The van der Waals surface area contributed by atoms with Crippen LogP contribution in [0.5, 0.6) is 0 Å². The highest BCUT2D eigenvalue weighted by Gasteiger charge is 2.28. The summed E-state index contributed by atoms with van der Waals surface area (Å²) in [5.41, 5.74) is 3.98. The van der Waals surface area contributed by atoms with Gasteiger partial charge in [0.1, 0.15) is 0 Å². The van der Waals surface area contributed by atoms with Gasteiger partial charge >= 0.3 is 0 Å². The first-order valence-corrected chi connectivity index (χ1v) is 8.76. The van der Waals surface area contributed by atoms with E-state index in [0.717, 1.165) is 39.0 Å². The van der Waals surface area contributed by atoms with Gasteiger partial charge in [-0.2, -0.15) is 0 Å². The van der Waals surface area contributed by atoms with Gasteiger partial charge in [0.15, 0.2) is 0 Å². The molecule has 1 heterocycles. The first-order chi connectivity index (χ1) is 10.6. The van der Waals surface area contributed by atoms with Crippen molar-refractivity contribution >= 4 is 11.6 Å². The molecular weight excluding hydrogens is 272 g/mol. The number of carbonyl (C=O) groups is 1. The second-order valence-corrected chi connectivity index (χ2v) is 6.94. The van der Waals surface area contributed by atoms with Crippen molar-refractivity contribution in [2.45, 2.75) is 46.0 Å². The number of hydrogen-bond donors (Lipinski definition) is 0. The number of piperazine rings is 1. The SMILES string of the molecule is Cc1ccc(C)c(N2CCN(C(=O)C3CCCCC3)CC2)c1. The van der Waals surface area contributed by atoms with Gasteiger partial charge < -0.3 is 9.80 Å². The van der Waals surface area contributed by atoms with Crippen LogP contribution in [0.25, 0.3) is 0 Å². The largest absolute Gasteiger partial charge is 0.368 e. The van der Waals surface area contributed by atoms with Crippen LogP contribution in [-0.4, -0.2) is 37.0 Å². The van der Waals surface area contributed by atoms with E-state index in [1.807, 2.05) is 0 Å². The van der Waals surface area contributed by atoms with E-state index < -0.39 is 0 Å². The number of anilines is 1. The van der Waals surface area contributed by atoms with Crippen LogP contribution in [-0.2, 0) is 4.79 Å². The second-order valence-electron chi connectivity index (χ2n) is 6.94. The Bertz CT molecular complexity index is 526. The summed E-state index contributed by atoms with van der Waals surface area (Å²) in [6, 6.07) is 6.64. The first kappa shape index (κ1) is 15.4. The molecule has 1 aliphatic carbocycles. The molecule has 1 aliphatic heterocycles. The van der Waals surface area contributed by atoms with Gasteiger partial charge in [-0.3, -0.25) is 4.79 Å². The quantitative estimate of drug-likeness (QED) is 0.834. The lowest BCUT2D eigenvalue weighted by atomic mass is 9.88. The third kappa shape index (κ3) is 3.29. The van der Waals surface area contributed by atoms with Crippen LogP contribution in [0.15, 0.2) is 18.2 Å². The fraction of sp³-hybridized carbons (Fsp3) is 0.632. The Balaban J connectivity index is 1.60. The van der Waals surface area contributed by atoms with Gasteiger partial charge in [0.25, 0.3) is 0 Å². The number of benzene rings is 1. The molecule has 0 bridgehead atoms. The molecule has 2 aliphatic rings. The fourth-order valence-corrected chi connectivity index (χ4v) is 3.84. The number of aryl methyl sites for hydroxylation is 2. The van der Waals surface area contributed by atoms with Crippen molar-refractivity contribution in [3.8, 4) is 0 Å². The predicted molar refractivity (Wildman–Crippen MR) is 91.3 cm³/mol. The van der Waals surface area contributed by atoms with Crippen LogP contribution >= 0.6 is 0 Å². The number of rotatable bonds is 2. The average molecular weight is 300 g/mol. The van der Waals surface area contributed by atoms with E-state index in [-0.39, 0.29) is 0 Å². The molecule has 1 aromatic carbocycles. The van der Waals surface area contributed by atoms with Gasteiger partial charge in [0.2, 0.25) is 5.91 Å². The Morgan fingerprint density at radius 2 is 1.68 bits per heavy atom. The number of amides is 1. The zero-order valence-corrected chi connectivity index (χ0v) is 14.0. The van der Waals surface area contributed by atoms with Crippen LogP contribution in [0.4, 0.5) is 5.69 Å². The van der Waals surface area contributed by atoms with Crippen LogP contribution in [0.1, 0.15) is 43.2 Å². The summed E-state index contributed by atoms with van der Waals surface area (Å²) < 4.78 is 0. The minimum absolute atomic E-state index is 0.306. The molecule has 3 heteroatoms. The molecule has 2 fully saturated rings. The molecule has 0 N–H and O–H groups in total. The van der Waals surface area contributed by atoms with Crippen molar-refractivity contribution in [2.75, 3.05) is 31.1 Å². The summed E-state index contributed by atoms with van der Waals surface area (Å²) in [6.07, 6.45) is 5.99. The van der Waals surface area contributed by atoms with Crippen molar-refractivity contribution in [3.05, 3.63) is 29.3 Å². The lowest BCUT2D eigenvalue weighted by Crippen LogP contribution is -2.50. The molecule has 22 heavy (non-hydrogen) atoms. The van der Waals surface area contributed by atoms with Crippen LogP contribution in [0.2, 0.25) is 0 Å². The molecule has 0 aromatic heterocycles. The van der Waals surface area contributed by atoms with E-state index in [0.29, 0.717) is 11.8 Å². The van der Waals surface area contributed by atoms with Crippen LogP contribution < -0.4 is 4.90 Å². The highest BCUT2D eigenvalue weighted by atomic mass is 16.2. The molecule has 1 amide bonds. The van der Waals surface area contributed by atoms with Crippen molar-refractivity contribution in [1.29, 1.82) is 0 Å². The molecule has 3 nitrogen and oxygen atoms in total. The van der Waals surface area contributed by atoms with Gasteiger partial charge in [-0.05, 0) is 43.9 Å². The minimum atomic E-state index is 0.306. The monoisotopic (exact) mass is 300 g/mol. The normalized spacial score (nSPS) is 20.3. The number of hydrogen-bond acceptors (Lipinski definition) is 2. The summed E-state index contributed by atoms with van der Waals surface area (Å²) in [7, 11) is 0. The molecule has 0 atom stereocenters. The van der Waals surface area contributed by atoms with E-state index in [1.165, 1.54) is 36.1 Å². The van der Waals surface area contributed by atoms with Gasteiger partial charge in [-0.15, -0.1) is 0 Å². The minimum Gasteiger partial charge on any atom is -0.368 e. The Hall–Kier alpha value is -1.51. The summed E-state index contributed by atoms with van der Waals surface area (Å²) in [5.74, 6) is 0.723. The van der Waals surface area contributed by atoms with Crippen LogP contribution in [0, 0.1) is 19.8 Å². The first-order valence-electron chi connectivity index (χ1n) is 8.76. The average Bonchev–Trinajstić information content (AvgIpc) is 2.57. The summed E-state index contributed by atoms with van der Waals surface area (Å²) >= 11 is 0. The zero-order chi connectivity index (χ0) is 15.5. The number of nitrogens with zero attached hydrogens (tertiary/aromatic N) is 2. The molecule has 0 radical (unpaired) electrons. The third-order valence-electron chi connectivity index (χ3n) is 5.25. The maximum atomic E-state index is 12.6. The molecule has 1 saturated carbocycles. The Morgan fingerprint density at radius 1 is 1.00 bits per heavy atom. The lowest BCUT2D eigenvalue weighted by molar-refractivity contribution is -0.136. The fourth-order valence-electron chi connectivity index (χ4n) is 3.84.